The van der Waals surface area contributed by atoms with E-state index in [9.17, 15) is 9.90 Å². The summed E-state index contributed by atoms with van der Waals surface area (Å²) in [7, 11) is 6.32. The smallest absolute Gasteiger partial charge is 0.247 e. The summed E-state index contributed by atoms with van der Waals surface area (Å²) in [4.78, 5) is 15.4. The van der Waals surface area contributed by atoms with Gasteiger partial charge in [-0.2, -0.15) is 0 Å². The number of rotatable bonds is 7. The number of nitrogens with zero attached hydrogens (tertiary/aromatic N) is 1. The number of carbonyl (C=O) groups is 1. The zero-order valence-corrected chi connectivity index (χ0v) is 21.0. The summed E-state index contributed by atoms with van der Waals surface area (Å²) >= 11 is 0. The second kappa shape index (κ2) is 10.6. The molecule has 2 fully saturated rings. The molecule has 1 N–H and O–H groups in total. The zero-order chi connectivity index (χ0) is 25.0. The van der Waals surface area contributed by atoms with Crippen molar-refractivity contribution in [2.45, 2.75) is 43.7 Å². The molecular weight excluding hydrogens is 446 g/mol. The molecule has 188 valence electrons. The van der Waals surface area contributed by atoms with Crippen LogP contribution in [0, 0.1) is 5.92 Å². The first-order valence-corrected chi connectivity index (χ1v) is 12.1. The Bertz CT molecular complexity index is 1040. The molecule has 0 spiro atoms. The minimum absolute atomic E-state index is 0.00285. The third kappa shape index (κ3) is 4.96. The van der Waals surface area contributed by atoms with Crippen LogP contribution >= 0.6 is 0 Å². The summed E-state index contributed by atoms with van der Waals surface area (Å²) in [5, 5.41) is 11.5. The molecule has 0 radical (unpaired) electrons. The number of hydrogen-bond acceptors (Lipinski definition) is 6. The van der Waals surface area contributed by atoms with Crippen molar-refractivity contribution >= 4 is 12.0 Å². The molecule has 1 heterocycles. The largest absolute Gasteiger partial charge is 0.497 e. The fourth-order valence-electron chi connectivity index (χ4n) is 5.60. The first kappa shape index (κ1) is 24.9. The van der Waals surface area contributed by atoms with E-state index in [1.165, 1.54) is 0 Å². The first-order valence-electron chi connectivity index (χ1n) is 12.1. The number of benzene rings is 2. The maximum atomic E-state index is 13.5. The summed E-state index contributed by atoms with van der Waals surface area (Å²) in [5.41, 5.74) is 1.05. The molecule has 0 bridgehead atoms. The summed E-state index contributed by atoms with van der Waals surface area (Å²) in [6.45, 7) is 0.502. The molecule has 1 amide bonds. The van der Waals surface area contributed by atoms with Gasteiger partial charge in [-0.15, -0.1) is 0 Å². The van der Waals surface area contributed by atoms with Crippen LogP contribution in [0.2, 0.25) is 0 Å². The van der Waals surface area contributed by atoms with E-state index in [2.05, 4.69) is 0 Å². The van der Waals surface area contributed by atoms with E-state index in [-0.39, 0.29) is 17.9 Å². The standard InChI is InChI=1S/C28H35NO6/c1-32-21-11-9-20(10-12-21)26-22-7-5-6-14-28(22,31)15-16-29(26)25(30)13-8-19-17-23(33-2)27(35-4)24(18-19)34-3/h8-13,17-18,22,26,31H,5-7,14-16H2,1-4H3. The lowest BCUT2D eigenvalue weighted by Crippen LogP contribution is -2.56. The van der Waals surface area contributed by atoms with E-state index in [4.69, 9.17) is 18.9 Å². The van der Waals surface area contributed by atoms with Crippen molar-refractivity contribution in [3.63, 3.8) is 0 Å². The molecule has 7 heteroatoms. The van der Waals surface area contributed by atoms with Crippen LogP contribution in [-0.4, -0.2) is 56.5 Å². The van der Waals surface area contributed by atoms with Crippen LogP contribution < -0.4 is 18.9 Å². The minimum atomic E-state index is -0.736. The summed E-state index contributed by atoms with van der Waals surface area (Å²) in [6.07, 6.45) is 7.71. The number of likely N-dealkylation sites (tertiary alicyclic amines) is 1. The highest BCUT2D eigenvalue weighted by molar-refractivity contribution is 5.92. The predicted molar refractivity (Wildman–Crippen MR) is 134 cm³/mol. The average Bonchev–Trinajstić information content (AvgIpc) is 2.90. The Labute approximate surface area is 207 Å². The van der Waals surface area contributed by atoms with Gasteiger partial charge in [0.15, 0.2) is 11.5 Å². The topological polar surface area (TPSA) is 77.5 Å². The molecule has 35 heavy (non-hydrogen) atoms. The van der Waals surface area contributed by atoms with Crippen LogP contribution in [0.1, 0.15) is 49.3 Å². The molecule has 4 rings (SSSR count). The normalized spacial score (nSPS) is 24.1. The molecule has 1 aliphatic carbocycles. The molecule has 1 saturated heterocycles. The number of fused-ring (bicyclic) bond motifs is 1. The Morgan fingerprint density at radius 2 is 1.66 bits per heavy atom. The van der Waals surface area contributed by atoms with Gasteiger partial charge < -0.3 is 29.0 Å². The van der Waals surface area contributed by atoms with E-state index in [1.54, 1.807) is 40.6 Å². The molecule has 3 atom stereocenters. The van der Waals surface area contributed by atoms with Crippen LogP contribution in [0.3, 0.4) is 0 Å². The van der Waals surface area contributed by atoms with Gasteiger partial charge in [-0.05, 0) is 60.7 Å². The Balaban J connectivity index is 1.65. The van der Waals surface area contributed by atoms with E-state index in [1.807, 2.05) is 41.3 Å². The maximum Gasteiger partial charge on any atom is 0.247 e. The Hall–Kier alpha value is -3.19. The predicted octanol–water partition coefficient (Wildman–Crippen LogP) is 4.63. The molecule has 1 aliphatic heterocycles. The molecule has 0 aromatic heterocycles. The van der Waals surface area contributed by atoms with Crippen molar-refractivity contribution in [1.82, 2.24) is 4.90 Å². The number of piperidine rings is 1. The number of methoxy groups -OCH3 is 4. The van der Waals surface area contributed by atoms with Crippen LogP contribution in [0.25, 0.3) is 6.08 Å². The highest BCUT2D eigenvalue weighted by Gasteiger charge is 2.49. The van der Waals surface area contributed by atoms with Crippen molar-refractivity contribution in [3.8, 4) is 23.0 Å². The monoisotopic (exact) mass is 481 g/mol. The lowest BCUT2D eigenvalue weighted by atomic mass is 9.66. The number of amides is 1. The Morgan fingerprint density at radius 3 is 2.26 bits per heavy atom. The van der Waals surface area contributed by atoms with Crippen LogP contribution in [0.4, 0.5) is 0 Å². The van der Waals surface area contributed by atoms with Gasteiger partial charge in [-0.25, -0.2) is 0 Å². The van der Waals surface area contributed by atoms with Crippen LogP contribution in [-0.2, 0) is 4.79 Å². The second-order valence-corrected chi connectivity index (χ2v) is 9.25. The van der Waals surface area contributed by atoms with Crippen LogP contribution in [0.15, 0.2) is 42.5 Å². The van der Waals surface area contributed by atoms with Gasteiger partial charge in [0, 0.05) is 18.5 Å². The van der Waals surface area contributed by atoms with E-state index >= 15 is 0 Å². The van der Waals surface area contributed by atoms with Crippen molar-refractivity contribution in [3.05, 3.63) is 53.6 Å². The van der Waals surface area contributed by atoms with Gasteiger partial charge in [-0.1, -0.05) is 25.0 Å². The summed E-state index contributed by atoms with van der Waals surface area (Å²) < 4.78 is 21.6. The van der Waals surface area contributed by atoms with Crippen LogP contribution in [0.5, 0.6) is 23.0 Å². The van der Waals surface area contributed by atoms with Gasteiger partial charge in [-0.3, -0.25) is 4.79 Å². The van der Waals surface area contributed by atoms with E-state index < -0.39 is 5.60 Å². The lowest BCUT2D eigenvalue weighted by Gasteiger charge is -2.52. The average molecular weight is 482 g/mol. The second-order valence-electron chi connectivity index (χ2n) is 9.25. The maximum absolute atomic E-state index is 13.5. The van der Waals surface area contributed by atoms with Gasteiger partial charge in [0.2, 0.25) is 11.7 Å². The molecular formula is C28H35NO6. The lowest BCUT2D eigenvalue weighted by molar-refractivity contribution is -0.150. The van der Waals surface area contributed by atoms with E-state index in [0.717, 1.165) is 42.6 Å². The third-order valence-electron chi connectivity index (χ3n) is 7.41. The first-order chi connectivity index (χ1) is 16.9. The van der Waals surface area contributed by atoms with Crippen molar-refractivity contribution < 1.29 is 28.8 Å². The van der Waals surface area contributed by atoms with Crippen molar-refractivity contribution in [2.75, 3.05) is 35.0 Å². The molecule has 7 nitrogen and oxygen atoms in total. The summed E-state index contributed by atoms with van der Waals surface area (Å²) in [6, 6.07) is 11.3. The molecule has 3 unspecified atom stereocenters. The Kier molecular flexibility index (Phi) is 7.55. The fourth-order valence-corrected chi connectivity index (χ4v) is 5.60. The van der Waals surface area contributed by atoms with Gasteiger partial charge in [0.25, 0.3) is 0 Å². The number of hydrogen-bond donors (Lipinski definition) is 1. The third-order valence-corrected chi connectivity index (χ3v) is 7.41. The highest BCUT2D eigenvalue weighted by atomic mass is 16.5. The number of ether oxygens (including phenoxy) is 4. The van der Waals surface area contributed by atoms with Crippen molar-refractivity contribution in [2.24, 2.45) is 5.92 Å². The minimum Gasteiger partial charge on any atom is -0.497 e. The SMILES string of the molecule is COc1ccc(C2C3CCCCC3(O)CCN2C(=O)C=Cc2cc(OC)c(OC)c(OC)c2)cc1. The Morgan fingerprint density at radius 1 is 0.971 bits per heavy atom. The molecule has 2 aromatic rings. The van der Waals surface area contributed by atoms with Gasteiger partial charge in [0.05, 0.1) is 40.1 Å². The highest BCUT2D eigenvalue weighted by Crippen LogP contribution is 2.49. The number of aliphatic hydroxyl groups is 1. The van der Waals surface area contributed by atoms with Gasteiger partial charge >= 0.3 is 0 Å². The summed E-state index contributed by atoms with van der Waals surface area (Å²) in [5.74, 6) is 2.24. The number of carbonyl (C=O) groups excluding carboxylic acids is 1. The quantitative estimate of drug-likeness (QED) is 0.581. The molecule has 2 aliphatic rings. The molecule has 1 saturated carbocycles. The zero-order valence-electron chi connectivity index (χ0n) is 21.0. The van der Waals surface area contributed by atoms with E-state index in [0.29, 0.717) is 30.2 Å². The van der Waals surface area contributed by atoms with Crippen molar-refractivity contribution in [1.29, 1.82) is 0 Å². The van der Waals surface area contributed by atoms with Gasteiger partial charge in [0.1, 0.15) is 5.75 Å². The molecule has 2 aromatic carbocycles. The fraction of sp³-hybridized carbons (Fsp3) is 0.464.